The van der Waals surface area contributed by atoms with Gasteiger partial charge in [-0.1, -0.05) is 12.1 Å². The van der Waals surface area contributed by atoms with E-state index in [4.69, 9.17) is 16.6 Å². The summed E-state index contributed by atoms with van der Waals surface area (Å²) in [6.07, 6.45) is 3.53. The number of aromatic nitrogens is 3. The molecule has 0 fully saturated rings. The van der Waals surface area contributed by atoms with Crippen LogP contribution in [0.2, 0.25) is 0 Å². The van der Waals surface area contributed by atoms with Crippen LogP contribution in [-0.2, 0) is 19.4 Å². The fraction of sp³-hybridized carbons (Fsp3) is 0.294. The van der Waals surface area contributed by atoms with E-state index in [1.807, 2.05) is 18.3 Å². The van der Waals surface area contributed by atoms with Gasteiger partial charge in [-0.25, -0.2) is 4.98 Å². The molecule has 0 radical (unpaired) electrons. The number of benzene rings is 1. The molecule has 1 aromatic carbocycles. The number of nitrogens with zero attached hydrogens (tertiary/aromatic N) is 3. The molecule has 3 aromatic rings. The van der Waals surface area contributed by atoms with Crippen molar-refractivity contribution < 1.29 is 0 Å². The van der Waals surface area contributed by atoms with Gasteiger partial charge in [-0.2, -0.15) is 0 Å². The molecule has 0 spiro atoms. The van der Waals surface area contributed by atoms with Crippen molar-refractivity contribution in [2.45, 2.75) is 26.3 Å². The number of hydrogen-bond donors (Lipinski definition) is 0. The Bertz CT molecular complexity index is 734. The number of imidazole rings is 1. The molecule has 2 aromatic heterocycles. The van der Waals surface area contributed by atoms with Gasteiger partial charge >= 0.3 is 0 Å². The largest absolute Gasteiger partial charge is 0.328 e. The highest BCUT2D eigenvalue weighted by Crippen LogP contribution is 2.19. The van der Waals surface area contributed by atoms with Gasteiger partial charge in [-0.15, -0.1) is 11.6 Å². The Hall–Kier alpha value is -1.87. The zero-order valence-corrected chi connectivity index (χ0v) is 12.8. The highest BCUT2D eigenvalue weighted by Gasteiger charge is 2.10. The monoisotopic (exact) mass is 299 g/mol. The number of hydrogen-bond acceptors (Lipinski definition) is 2. The Morgan fingerprint density at radius 1 is 1.14 bits per heavy atom. The lowest BCUT2D eigenvalue weighted by molar-refractivity contribution is 0.666. The maximum absolute atomic E-state index is 5.92. The molecule has 108 valence electrons. The van der Waals surface area contributed by atoms with Crippen LogP contribution in [0.15, 0.2) is 42.6 Å². The first kappa shape index (κ1) is 14.1. The van der Waals surface area contributed by atoms with Gasteiger partial charge in [-0.3, -0.25) is 4.98 Å². The third-order valence-electron chi connectivity index (χ3n) is 3.62. The summed E-state index contributed by atoms with van der Waals surface area (Å²) in [5.41, 5.74) is 4.56. The summed E-state index contributed by atoms with van der Waals surface area (Å²) in [7, 11) is 0. The maximum Gasteiger partial charge on any atom is 0.111 e. The number of halogens is 1. The minimum absolute atomic E-state index is 0.589. The molecule has 0 amide bonds. The van der Waals surface area contributed by atoms with Crippen LogP contribution in [0.3, 0.4) is 0 Å². The predicted octanol–water partition coefficient (Wildman–Crippen LogP) is 3.76. The van der Waals surface area contributed by atoms with Crippen LogP contribution in [0, 0.1) is 6.92 Å². The van der Waals surface area contributed by atoms with Crippen LogP contribution in [0.1, 0.15) is 17.1 Å². The normalized spacial score (nSPS) is 11.1. The van der Waals surface area contributed by atoms with Crippen molar-refractivity contribution in [3.63, 3.8) is 0 Å². The van der Waals surface area contributed by atoms with E-state index in [0.717, 1.165) is 36.4 Å². The fourth-order valence-electron chi connectivity index (χ4n) is 2.59. The molecule has 0 saturated carbocycles. The number of fused-ring (bicyclic) bond motifs is 1. The van der Waals surface area contributed by atoms with Gasteiger partial charge in [0.2, 0.25) is 0 Å². The van der Waals surface area contributed by atoms with E-state index >= 15 is 0 Å². The Morgan fingerprint density at radius 2 is 2.05 bits per heavy atom. The van der Waals surface area contributed by atoms with Crippen molar-refractivity contribution in [1.29, 1.82) is 0 Å². The number of alkyl halides is 1. The Balaban J connectivity index is 1.93. The molecule has 0 unspecified atom stereocenters. The molecule has 21 heavy (non-hydrogen) atoms. The van der Waals surface area contributed by atoms with E-state index in [0.29, 0.717) is 5.88 Å². The third kappa shape index (κ3) is 3.08. The molecule has 0 aliphatic carbocycles. The minimum atomic E-state index is 0.589. The number of pyridine rings is 1. The number of rotatable bonds is 5. The second kappa shape index (κ2) is 6.27. The van der Waals surface area contributed by atoms with Crippen molar-refractivity contribution in [2.75, 3.05) is 5.88 Å². The summed E-state index contributed by atoms with van der Waals surface area (Å²) in [5, 5.41) is 0. The first-order valence-electron chi connectivity index (χ1n) is 7.19. The molecule has 0 saturated heterocycles. The summed E-state index contributed by atoms with van der Waals surface area (Å²) in [6.45, 7) is 2.97. The van der Waals surface area contributed by atoms with Crippen LogP contribution in [0.5, 0.6) is 0 Å². The average Bonchev–Trinajstić information content (AvgIpc) is 2.83. The Kier molecular flexibility index (Phi) is 4.20. The molecular weight excluding hydrogens is 282 g/mol. The quantitative estimate of drug-likeness (QED) is 0.672. The van der Waals surface area contributed by atoms with Crippen molar-refractivity contribution in [3.8, 4) is 0 Å². The zero-order valence-electron chi connectivity index (χ0n) is 12.1. The lowest BCUT2D eigenvalue weighted by atomic mass is 10.2. The standard InChI is InChI=1S/C17H18ClN3/c1-13-5-6-16-15(12-13)20-17(7-9-18)21(16)11-8-14-4-2-3-10-19-14/h2-6,10,12H,7-9,11H2,1H3. The summed E-state index contributed by atoms with van der Waals surface area (Å²) in [4.78, 5) is 9.12. The summed E-state index contributed by atoms with van der Waals surface area (Å²) in [6, 6.07) is 12.4. The fourth-order valence-corrected chi connectivity index (χ4v) is 2.76. The first-order chi connectivity index (χ1) is 10.3. The van der Waals surface area contributed by atoms with Gasteiger partial charge < -0.3 is 4.57 Å². The second-order valence-electron chi connectivity index (χ2n) is 5.18. The molecule has 0 aliphatic rings. The average molecular weight is 300 g/mol. The summed E-state index contributed by atoms with van der Waals surface area (Å²) >= 11 is 5.92. The lowest BCUT2D eigenvalue weighted by Crippen LogP contribution is -2.07. The predicted molar refractivity (Wildman–Crippen MR) is 86.8 cm³/mol. The SMILES string of the molecule is Cc1ccc2c(c1)nc(CCCl)n2CCc1ccccn1. The minimum Gasteiger partial charge on any atom is -0.328 e. The molecule has 2 heterocycles. The van der Waals surface area contributed by atoms with Crippen LogP contribution < -0.4 is 0 Å². The molecular formula is C17H18ClN3. The van der Waals surface area contributed by atoms with Crippen molar-refractivity contribution in [2.24, 2.45) is 0 Å². The summed E-state index contributed by atoms with van der Waals surface area (Å²) < 4.78 is 2.27. The topological polar surface area (TPSA) is 30.7 Å². The van der Waals surface area contributed by atoms with Crippen LogP contribution in [0.25, 0.3) is 11.0 Å². The van der Waals surface area contributed by atoms with Crippen molar-refractivity contribution >= 4 is 22.6 Å². The lowest BCUT2D eigenvalue weighted by Gasteiger charge is -2.08. The van der Waals surface area contributed by atoms with Gasteiger partial charge in [0.05, 0.1) is 11.0 Å². The molecule has 3 nitrogen and oxygen atoms in total. The van der Waals surface area contributed by atoms with Crippen LogP contribution >= 0.6 is 11.6 Å². The van der Waals surface area contributed by atoms with E-state index in [1.165, 1.54) is 11.1 Å². The van der Waals surface area contributed by atoms with Gasteiger partial charge in [0, 0.05) is 37.2 Å². The van der Waals surface area contributed by atoms with Crippen LogP contribution in [-0.4, -0.2) is 20.4 Å². The third-order valence-corrected chi connectivity index (χ3v) is 3.81. The van der Waals surface area contributed by atoms with Gasteiger partial charge in [0.15, 0.2) is 0 Å². The van der Waals surface area contributed by atoms with Gasteiger partial charge in [0.25, 0.3) is 0 Å². The first-order valence-corrected chi connectivity index (χ1v) is 7.73. The molecule has 0 aliphatic heterocycles. The van der Waals surface area contributed by atoms with E-state index in [9.17, 15) is 0 Å². The molecule has 0 atom stereocenters. The Labute approximate surface area is 129 Å². The van der Waals surface area contributed by atoms with Gasteiger partial charge in [0.1, 0.15) is 5.82 Å². The van der Waals surface area contributed by atoms with Crippen molar-refractivity contribution in [3.05, 3.63) is 59.7 Å². The molecule has 4 heteroatoms. The maximum atomic E-state index is 5.92. The summed E-state index contributed by atoms with van der Waals surface area (Å²) in [5.74, 6) is 1.65. The highest BCUT2D eigenvalue weighted by atomic mass is 35.5. The van der Waals surface area contributed by atoms with Crippen LogP contribution in [0.4, 0.5) is 0 Å². The highest BCUT2D eigenvalue weighted by molar-refractivity contribution is 6.17. The Morgan fingerprint density at radius 3 is 2.81 bits per heavy atom. The molecule has 0 bridgehead atoms. The zero-order chi connectivity index (χ0) is 14.7. The van der Waals surface area contributed by atoms with Gasteiger partial charge in [-0.05, 0) is 36.8 Å². The molecule has 0 N–H and O–H groups in total. The van der Waals surface area contributed by atoms with Crippen molar-refractivity contribution in [1.82, 2.24) is 14.5 Å². The number of aryl methyl sites for hydroxylation is 4. The second-order valence-corrected chi connectivity index (χ2v) is 5.56. The van der Waals surface area contributed by atoms with E-state index in [-0.39, 0.29) is 0 Å². The van der Waals surface area contributed by atoms with E-state index in [1.54, 1.807) is 0 Å². The van der Waals surface area contributed by atoms with E-state index in [2.05, 4.69) is 40.7 Å². The molecule has 3 rings (SSSR count). The van der Waals surface area contributed by atoms with E-state index < -0.39 is 0 Å². The smallest absolute Gasteiger partial charge is 0.111 e.